The number of amides is 2. The zero-order valence-corrected chi connectivity index (χ0v) is 11.4. The maximum atomic E-state index is 12.0. The van der Waals surface area contributed by atoms with Crippen LogP contribution in [0.5, 0.6) is 5.75 Å². The third-order valence-electron chi connectivity index (χ3n) is 4.04. The molecule has 2 unspecified atom stereocenters. The van der Waals surface area contributed by atoms with Crippen LogP contribution >= 0.6 is 0 Å². The van der Waals surface area contributed by atoms with Crippen LogP contribution in [0.3, 0.4) is 0 Å². The first kappa shape index (κ1) is 12.8. The average molecular weight is 276 g/mol. The standard InChI is InChI=1S/C14H16N2O4/c1-8(17)16-12-4-3-9(18)7-11(12)10-5-6-15(13(10)16)14(19)20-2/h3-4,7,10,13,18H,5-6H2,1-2H3. The number of benzene rings is 1. The van der Waals surface area contributed by atoms with E-state index in [4.69, 9.17) is 4.74 Å². The van der Waals surface area contributed by atoms with Crippen LogP contribution in [0.25, 0.3) is 0 Å². The van der Waals surface area contributed by atoms with Gasteiger partial charge in [0.1, 0.15) is 11.9 Å². The highest BCUT2D eigenvalue weighted by molar-refractivity contribution is 5.96. The number of ether oxygens (including phenoxy) is 1. The summed E-state index contributed by atoms with van der Waals surface area (Å²) in [6.07, 6.45) is -0.0301. The highest BCUT2D eigenvalue weighted by Crippen LogP contribution is 2.48. The smallest absolute Gasteiger partial charge is 0.411 e. The summed E-state index contributed by atoms with van der Waals surface area (Å²) < 4.78 is 4.79. The predicted octanol–water partition coefficient (Wildman–Crippen LogP) is 1.64. The van der Waals surface area contributed by atoms with Gasteiger partial charge in [0.25, 0.3) is 0 Å². The molecule has 0 saturated carbocycles. The molecule has 1 aromatic rings. The number of phenolic OH excluding ortho intramolecular Hbond substituents is 1. The highest BCUT2D eigenvalue weighted by Gasteiger charge is 2.49. The van der Waals surface area contributed by atoms with E-state index in [2.05, 4.69) is 0 Å². The Morgan fingerprint density at radius 3 is 2.80 bits per heavy atom. The maximum Gasteiger partial charge on any atom is 0.411 e. The number of hydrogen-bond donors (Lipinski definition) is 1. The van der Waals surface area contributed by atoms with Crippen molar-refractivity contribution in [1.82, 2.24) is 4.90 Å². The first-order valence-electron chi connectivity index (χ1n) is 6.52. The molecule has 0 spiro atoms. The van der Waals surface area contributed by atoms with Crippen molar-refractivity contribution in [3.63, 3.8) is 0 Å². The van der Waals surface area contributed by atoms with Crippen molar-refractivity contribution in [2.75, 3.05) is 18.6 Å². The summed E-state index contributed by atoms with van der Waals surface area (Å²) >= 11 is 0. The number of carbonyl (C=O) groups excluding carboxylic acids is 2. The summed E-state index contributed by atoms with van der Waals surface area (Å²) in [6.45, 7) is 2.02. The summed E-state index contributed by atoms with van der Waals surface area (Å²) in [5.74, 6) is 0.0739. The van der Waals surface area contributed by atoms with Gasteiger partial charge in [-0.3, -0.25) is 14.6 Å². The molecule has 0 radical (unpaired) electrons. The van der Waals surface area contributed by atoms with Gasteiger partial charge in [-0.2, -0.15) is 0 Å². The molecule has 3 rings (SSSR count). The minimum atomic E-state index is -0.430. The van der Waals surface area contributed by atoms with E-state index in [1.54, 1.807) is 28.0 Å². The van der Waals surface area contributed by atoms with Gasteiger partial charge >= 0.3 is 6.09 Å². The summed E-state index contributed by atoms with van der Waals surface area (Å²) in [7, 11) is 1.34. The highest BCUT2D eigenvalue weighted by atomic mass is 16.5. The molecule has 1 fully saturated rings. The normalized spacial score (nSPS) is 23.5. The molecule has 1 aromatic carbocycles. The second kappa shape index (κ2) is 4.40. The van der Waals surface area contributed by atoms with Crippen LogP contribution in [-0.2, 0) is 9.53 Å². The first-order chi connectivity index (χ1) is 9.54. The quantitative estimate of drug-likeness (QED) is 0.782. The molecule has 0 bridgehead atoms. The van der Waals surface area contributed by atoms with Crippen LogP contribution in [0.4, 0.5) is 10.5 Å². The molecule has 1 N–H and O–H groups in total. The van der Waals surface area contributed by atoms with Gasteiger partial charge in [-0.25, -0.2) is 4.79 Å². The average Bonchev–Trinajstić information content (AvgIpc) is 2.95. The van der Waals surface area contributed by atoms with Crippen molar-refractivity contribution in [1.29, 1.82) is 0 Å². The molecular weight excluding hydrogens is 260 g/mol. The minimum absolute atomic E-state index is 0.0279. The van der Waals surface area contributed by atoms with Gasteiger partial charge in [0, 0.05) is 25.1 Å². The molecule has 6 heteroatoms. The van der Waals surface area contributed by atoms with Crippen molar-refractivity contribution >= 4 is 17.7 Å². The summed E-state index contributed by atoms with van der Waals surface area (Å²) in [5, 5.41) is 9.65. The lowest BCUT2D eigenvalue weighted by molar-refractivity contribution is -0.117. The van der Waals surface area contributed by atoms with E-state index in [0.717, 1.165) is 17.7 Å². The Labute approximate surface area is 116 Å². The number of carbonyl (C=O) groups is 2. The number of hydrogen-bond acceptors (Lipinski definition) is 4. The van der Waals surface area contributed by atoms with E-state index in [0.29, 0.717) is 6.54 Å². The van der Waals surface area contributed by atoms with Gasteiger partial charge in [-0.1, -0.05) is 0 Å². The molecule has 0 aromatic heterocycles. The molecule has 20 heavy (non-hydrogen) atoms. The Hall–Kier alpha value is -2.24. The lowest BCUT2D eigenvalue weighted by Crippen LogP contribution is -2.48. The SMILES string of the molecule is COC(=O)N1CCC2c3cc(O)ccc3N(C(C)=O)C21. The molecule has 2 amide bonds. The topological polar surface area (TPSA) is 70.1 Å². The van der Waals surface area contributed by atoms with E-state index in [9.17, 15) is 14.7 Å². The van der Waals surface area contributed by atoms with Gasteiger partial charge in [0.05, 0.1) is 7.11 Å². The van der Waals surface area contributed by atoms with Crippen LogP contribution in [0.15, 0.2) is 18.2 Å². The van der Waals surface area contributed by atoms with Crippen molar-refractivity contribution in [3.05, 3.63) is 23.8 Å². The van der Waals surface area contributed by atoms with E-state index in [-0.39, 0.29) is 23.7 Å². The monoisotopic (exact) mass is 276 g/mol. The Kier molecular flexibility index (Phi) is 2.81. The molecule has 2 aliphatic heterocycles. The first-order valence-corrected chi connectivity index (χ1v) is 6.52. The van der Waals surface area contributed by atoms with E-state index in [1.165, 1.54) is 14.0 Å². The third-order valence-corrected chi connectivity index (χ3v) is 4.04. The number of nitrogens with zero attached hydrogens (tertiary/aromatic N) is 2. The number of phenols is 1. The molecule has 2 aliphatic rings. The second-order valence-electron chi connectivity index (χ2n) is 5.10. The number of rotatable bonds is 0. The largest absolute Gasteiger partial charge is 0.508 e. The zero-order valence-electron chi connectivity index (χ0n) is 11.4. The van der Waals surface area contributed by atoms with Crippen LogP contribution in [0.2, 0.25) is 0 Å². The summed E-state index contributed by atoms with van der Waals surface area (Å²) in [5.41, 5.74) is 1.68. The molecule has 6 nitrogen and oxygen atoms in total. The Bertz CT molecular complexity index is 587. The molecule has 0 aliphatic carbocycles. The lowest BCUT2D eigenvalue weighted by Gasteiger charge is -2.30. The van der Waals surface area contributed by atoms with Gasteiger partial charge in [0.15, 0.2) is 0 Å². The van der Waals surface area contributed by atoms with Crippen molar-refractivity contribution in [2.45, 2.75) is 25.4 Å². The maximum absolute atomic E-state index is 12.0. The van der Waals surface area contributed by atoms with Crippen LogP contribution in [0, 0.1) is 0 Å². The Morgan fingerprint density at radius 2 is 2.15 bits per heavy atom. The van der Waals surface area contributed by atoms with Gasteiger partial charge < -0.3 is 9.84 Å². The van der Waals surface area contributed by atoms with E-state index in [1.807, 2.05) is 0 Å². The molecule has 2 atom stereocenters. The third kappa shape index (κ3) is 1.64. The fourth-order valence-corrected chi connectivity index (χ4v) is 3.29. The van der Waals surface area contributed by atoms with Crippen molar-refractivity contribution < 1.29 is 19.4 Å². The van der Waals surface area contributed by atoms with Gasteiger partial charge in [-0.15, -0.1) is 0 Å². The Morgan fingerprint density at radius 1 is 1.40 bits per heavy atom. The minimum Gasteiger partial charge on any atom is -0.508 e. The number of fused-ring (bicyclic) bond motifs is 3. The fraction of sp³-hybridized carbons (Fsp3) is 0.429. The van der Waals surface area contributed by atoms with Crippen LogP contribution in [0.1, 0.15) is 24.8 Å². The van der Waals surface area contributed by atoms with Crippen LogP contribution < -0.4 is 4.90 Å². The second-order valence-corrected chi connectivity index (χ2v) is 5.10. The summed E-state index contributed by atoms with van der Waals surface area (Å²) in [6, 6.07) is 4.95. The Balaban J connectivity index is 2.08. The number of methoxy groups -OCH3 is 1. The number of likely N-dealkylation sites (tertiary alicyclic amines) is 1. The molecule has 2 heterocycles. The van der Waals surface area contributed by atoms with E-state index < -0.39 is 6.09 Å². The molecule has 1 saturated heterocycles. The van der Waals surface area contributed by atoms with Gasteiger partial charge in [0.2, 0.25) is 5.91 Å². The fourth-order valence-electron chi connectivity index (χ4n) is 3.29. The van der Waals surface area contributed by atoms with Crippen LogP contribution in [-0.4, -0.2) is 41.8 Å². The molecular formula is C14H16N2O4. The van der Waals surface area contributed by atoms with Gasteiger partial charge in [-0.05, 0) is 30.2 Å². The zero-order chi connectivity index (χ0) is 14.4. The lowest BCUT2D eigenvalue weighted by atomic mass is 9.98. The number of anilines is 1. The predicted molar refractivity (Wildman–Crippen MR) is 71.5 cm³/mol. The van der Waals surface area contributed by atoms with Crippen molar-refractivity contribution in [2.24, 2.45) is 0 Å². The van der Waals surface area contributed by atoms with E-state index >= 15 is 0 Å². The molecule has 106 valence electrons. The number of aromatic hydroxyl groups is 1. The summed E-state index contributed by atoms with van der Waals surface area (Å²) in [4.78, 5) is 27.0. The van der Waals surface area contributed by atoms with Crippen molar-refractivity contribution in [3.8, 4) is 5.75 Å².